The van der Waals surface area contributed by atoms with Crippen molar-refractivity contribution < 1.29 is 42.0 Å². The first-order valence-corrected chi connectivity index (χ1v) is 12.1. The van der Waals surface area contributed by atoms with Gasteiger partial charge in [-0.25, -0.2) is 9.69 Å². The first-order chi connectivity index (χ1) is 19.3. The topological polar surface area (TPSA) is 128 Å². The molecule has 0 atom stereocenters. The number of benzene rings is 3. The van der Waals surface area contributed by atoms with Crippen LogP contribution in [0.3, 0.4) is 0 Å². The van der Waals surface area contributed by atoms with E-state index in [4.69, 9.17) is 9.47 Å². The molecule has 10 nitrogen and oxygen atoms in total. The largest absolute Gasteiger partial charge is 0.490 e. The number of anilines is 1. The number of nitro groups is 1. The summed E-state index contributed by atoms with van der Waals surface area (Å²) in [7, 11) is 0. The molecule has 1 N–H and O–H groups in total. The molecule has 41 heavy (non-hydrogen) atoms. The van der Waals surface area contributed by atoms with Crippen molar-refractivity contribution in [1.82, 2.24) is 5.32 Å². The number of carbonyl (C=O) groups is 3. The van der Waals surface area contributed by atoms with Crippen LogP contribution in [0.1, 0.15) is 29.2 Å². The van der Waals surface area contributed by atoms with Crippen molar-refractivity contribution in [2.24, 2.45) is 0 Å². The molecule has 0 unspecified atom stereocenters. The van der Waals surface area contributed by atoms with Crippen LogP contribution in [0.4, 0.5) is 29.3 Å². The standard InChI is InChI=1S/C28H22F3N3O7/c1-4-40-24-13-17(6-9-23(24)41-22-10-7-18(28(29,30)31)14-21(22)34(38)39)12-20-25(35)32-27(37)33(26(20)36)19-8-5-15(2)16(3)11-19/h5-14H,4H2,1-3H3,(H,32,35,37)/b20-12+. The van der Waals surface area contributed by atoms with Gasteiger partial charge in [0.25, 0.3) is 11.8 Å². The first kappa shape index (κ1) is 28.8. The number of amides is 4. The Bertz CT molecular complexity index is 1620. The quantitative estimate of drug-likeness (QED) is 0.158. The highest BCUT2D eigenvalue weighted by atomic mass is 19.4. The second-order valence-electron chi connectivity index (χ2n) is 8.91. The predicted octanol–water partition coefficient (Wildman–Crippen LogP) is 6.09. The van der Waals surface area contributed by atoms with E-state index < -0.39 is 45.9 Å². The Morgan fingerprint density at radius 1 is 0.951 bits per heavy atom. The fraction of sp³-hybridized carbons (Fsp3) is 0.179. The van der Waals surface area contributed by atoms with Crippen molar-refractivity contribution in [3.05, 3.63) is 92.5 Å². The molecule has 1 aliphatic heterocycles. The smallest absolute Gasteiger partial charge is 0.416 e. The Kier molecular flexibility index (Phi) is 7.81. The van der Waals surface area contributed by atoms with Crippen molar-refractivity contribution >= 4 is 35.3 Å². The average Bonchev–Trinajstić information content (AvgIpc) is 2.89. The predicted molar refractivity (Wildman–Crippen MR) is 141 cm³/mol. The number of rotatable bonds is 7. The lowest BCUT2D eigenvalue weighted by atomic mass is 10.0. The number of aryl methyl sites for hydroxylation is 2. The van der Waals surface area contributed by atoms with Gasteiger partial charge in [-0.15, -0.1) is 0 Å². The van der Waals surface area contributed by atoms with Crippen LogP contribution < -0.4 is 19.7 Å². The van der Waals surface area contributed by atoms with E-state index in [1.807, 2.05) is 13.8 Å². The van der Waals surface area contributed by atoms with Gasteiger partial charge in [-0.2, -0.15) is 13.2 Å². The molecule has 4 amide bonds. The minimum Gasteiger partial charge on any atom is -0.490 e. The van der Waals surface area contributed by atoms with Crippen LogP contribution in [0.15, 0.2) is 60.2 Å². The van der Waals surface area contributed by atoms with Crippen LogP contribution in [-0.2, 0) is 15.8 Å². The fourth-order valence-electron chi connectivity index (χ4n) is 3.93. The van der Waals surface area contributed by atoms with Gasteiger partial charge in [-0.1, -0.05) is 12.1 Å². The number of hydrogen-bond acceptors (Lipinski definition) is 7. The van der Waals surface area contributed by atoms with Gasteiger partial charge in [0.15, 0.2) is 11.5 Å². The molecule has 4 rings (SSSR count). The van der Waals surface area contributed by atoms with E-state index in [1.165, 1.54) is 24.3 Å². The average molecular weight is 569 g/mol. The van der Waals surface area contributed by atoms with E-state index in [0.29, 0.717) is 12.1 Å². The second kappa shape index (κ2) is 11.1. The third kappa shape index (κ3) is 6.03. The Morgan fingerprint density at radius 3 is 2.29 bits per heavy atom. The van der Waals surface area contributed by atoms with Crippen LogP contribution in [-0.4, -0.2) is 29.4 Å². The maximum atomic E-state index is 13.2. The monoisotopic (exact) mass is 569 g/mol. The van der Waals surface area contributed by atoms with Crippen molar-refractivity contribution in [2.75, 3.05) is 11.5 Å². The molecular weight excluding hydrogens is 547 g/mol. The summed E-state index contributed by atoms with van der Waals surface area (Å²) in [6.45, 7) is 5.43. The zero-order valence-corrected chi connectivity index (χ0v) is 21.9. The maximum absolute atomic E-state index is 13.2. The number of imide groups is 2. The van der Waals surface area contributed by atoms with Gasteiger partial charge in [0.05, 0.1) is 22.8 Å². The lowest BCUT2D eigenvalue weighted by Crippen LogP contribution is -2.54. The second-order valence-corrected chi connectivity index (χ2v) is 8.91. The zero-order valence-electron chi connectivity index (χ0n) is 21.9. The van der Waals surface area contributed by atoms with E-state index in [9.17, 15) is 37.7 Å². The summed E-state index contributed by atoms with van der Waals surface area (Å²) in [5, 5.41) is 13.6. The zero-order chi connectivity index (χ0) is 30.1. The third-order valence-corrected chi connectivity index (χ3v) is 6.13. The number of barbiturate groups is 1. The highest BCUT2D eigenvalue weighted by molar-refractivity contribution is 6.39. The molecule has 0 aliphatic carbocycles. The molecule has 1 heterocycles. The highest BCUT2D eigenvalue weighted by Crippen LogP contribution is 2.40. The summed E-state index contributed by atoms with van der Waals surface area (Å²) < 4.78 is 50.3. The number of nitrogens with one attached hydrogen (secondary N) is 1. The van der Waals surface area contributed by atoms with E-state index in [-0.39, 0.29) is 34.9 Å². The fourth-order valence-corrected chi connectivity index (χ4v) is 3.93. The molecule has 0 spiro atoms. The number of hydrogen-bond donors (Lipinski definition) is 1. The summed E-state index contributed by atoms with van der Waals surface area (Å²) in [5.41, 5.74) is -0.159. The van der Waals surface area contributed by atoms with Crippen molar-refractivity contribution in [1.29, 1.82) is 0 Å². The van der Waals surface area contributed by atoms with Gasteiger partial charge in [-0.3, -0.25) is 25.0 Å². The van der Waals surface area contributed by atoms with E-state index in [2.05, 4.69) is 5.32 Å². The molecule has 1 fully saturated rings. The van der Waals surface area contributed by atoms with E-state index in [1.54, 1.807) is 25.1 Å². The van der Waals surface area contributed by atoms with Gasteiger partial charge in [0, 0.05) is 6.07 Å². The van der Waals surface area contributed by atoms with Crippen molar-refractivity contribution in [2.45, 2.75) is 26.9 Å². The summed E-state index contributed by atoms with van der Waals surface area (Å²) in [6, 6.07) is 9.98. The van der Waals surface area contributed by atoms with Gasteiger partial charge in [0.1, 0.15) is 5.57 Å². The van der Waals surface area contributed by atoms with Gasteiger partial charge in [-0.05, 0) is 79.9 Å². The Labute approximate surface area is 231 Å². The van der Waals surface area contributed by atoms with Crippen LogP contribution in [0.2, 0.25) is 0 Å². The van der Waals surface area contributed by atoms with Gasteiger partial charge < -0.3 is 9.47 Å². The summed E-state index contributed by atoms with van der Waals surface area (Å²) in [5.74, 6) is -2.27. The Morgan fingerprint density at radius 2 is 1.66 bits per heavy atom. The molecule has 0 aromatic heterocycles. The van der Waals surface area contributed by atoms with Crippen LogP contribution in [0, 0.1) is 24.0 Å². The first-order valence-electron chi connectivity index (χ1n) is 12.1. The Balaban J connectivity index is 1.69. The molecule has 1 saturated heterocycles. The lowest BCUT2D eigenvalue weighted by molar-refractivity contribution is -0.385. The molecular formula is C28H22F3N3O7. The normalized spacial score (nSPS) is 14.7. The number of nitro benzene ring substituents is 1. The number of ether oxygens (including phenoxy) is 2. The molecule has 212 valence electrons. The molecule has 3 aromatic rings. The number of halogens is 3. The molecule has 1 aliphatic rings. The lowest BCUT2D eigenvalue weighted by Gasteiger charge is -2.27. The summed E-state index contributed by atoms with van der Waals surface area (Å²) >= 11 is 0. The molecule has 3 aromatic carbocycles. The molecule has 13 heteroatoms. The minimum absolute atomic E-state index is 0.0294. The van der Waals surface area contributed by atoms with Crippen LogP contribution >= 0.6 is 0 Å². The molecule has 0 saturated carbocycles. The third-order valence-electron chi connectivity index (χ3n) is 6.13. The van der Waals surface area contributed by atoms with Crippen LogP contribution in [0.25, 0.3) is 6.08 Å². The van der Waals surface area contributed by atoms with E-state index >= 15 is 0 Å². The SMILES string of the molecule is CCOc1cc(/C=C2\C(=O)NC(=O)N(c3ccc(C)c(C)c3)C2=O)ccc1Oc1ccc(C(F)(F)F)cc1[N+](=O)[O-]. The van der Waals surface area contributed by atoms with Crippen molar-refractivity contribution in [3.63, 3.8) is 0 Å². The number of carbonyl (C=O) groups excluding carboxylic acids is 3. The number of alkyl halides is 3. The summed E-state index contributed by atoms with van der Waals surface area (Å²) in [6.07, 6.45) is -3.57. The number of nitrogens with zero attached hydrogens (tertiary/aromatic N) is 2. The van der Waals surface area contributed by atoms with Gasteiger partial charge >= 0.3 is 17.9 Å². The summed E-state index contributed by atoms with van der Waals surface area (Å²) in [4.78, 5) is 49.6. The maximum Gasteiger partial charge on any atom is 0.416 e. The van der Waals surface area contributed by atoms with Gasteiger partial charge in [0.2, 0.25) is 5.75 Å². The van der Waals surface area contributed by atoms with Crippen LogP contribution in [0.5, 0.6) is 17.2 Å². The minimum atomic E-state index is -4.80. The highest BCUT2D eigenvalue weighted by Gasteiger charge is 2.37. The number of urea groups is 1. The molecule has 0 radical (unpaired) electrons. The van der Waals surface area contributed by atoms with E-state index in [0.717, 1.165) is 22.1 Å². The molecule has 0 bridgehead atoms. The van der Waals surface area contributed by atoms with Crippen molar-refractivity contribution in [3.8, 4) is 17.2 Å². The Hall–Kier alpha value is -5.20.